The number of aliphatic hydroxyl groups excluding tert-OH is 1. The zero-order valence-corrected chi connectivity index (χ0v) is 13.5. The van der Waals surface area contributed by atoms with Gasteiger partial charge in [-0.3, -0.25) is 9.80 Å². The summed E-state index contributed by atoms with van der Waals surface area (Å²) in [7, 11) is 2.05. The highest BCUT2D eigenvalue weighted by Gasteiger charge is 2.34. The zero-order valence-electron chi connectivity index (χ0n) is 12.7. The van der Waals surface area contributed by atoms with E-state index < -0.39 is 0 Å². The standard InChI is InChI=1S/C15H21N5OS/c1-18-8-11(21)7-13(18)15-17-16-14-10-19(4-5-20(14)15)9-12-3-2-6-22-12/h2-3,6,11,13,21H,4-5,7-10H2,1H3/t11-,13+/m1/s1. The monoisotopic (exact) mass is 319 g/mol. The van der Waals surface area contributed by atoms with Gasteiger partial charge in [-0.1, -0.05) is 6.07 Å². The first-order valence-electron chi connectivity index (χ1n) is 7.75. The summed E-state index contributed by atoms with van der Waals surface area (Å²) in [4.78, 5) is 6.00. The number of rotatable bonds is 3. The largest absolute Gasteiger partial charge is 0.392 e. The van der Waals surface area contributed by atoms with Crippen LogP contribution in [0.2, 0.25) is 0 Å². The molecule has 0 amide bonds. The van der Waals surface area contributed by atoms with Crippen molar-refractivity contribution in [3.8, 4) is 0 Å². The van der Waals surface area contributed by atoms with E-state index in [9.17, 15) is 5.11 Å². The molecule has 6 nitrogen and oxygen atoms in total. The lowest BCUT2D eigenvalue weighted by molar-refractivity contribution is 0.182. The highest BCUT2D eigenvalue weighted by molar-refractivity contribution is 7.09. The van der Waals surface area contributed by atoms with Crippen LogP contribution in [0.1, 0.15) is 29.0 Å². The lowest BCUT2D eigenvalue weighted by Crippen LogP contribution is -2.34. The van der Waals surface area contributed by atoms with Crippen molar-refractivity contribution in [2.75, 3.05) is 20.1 Å². The molecule has 2 aliphatic heterocycles. The van der Waals surface area contributed by atoms with Crippen molar-refractivity contribution in [1.29, 1.82) is 0 Å². The van der Waals surface area contributed by atoms with E-state index in [1.807, 2.05) is 0 Å². The molecule has 0 aliphatic carbocycles. The summed E-state index contributed by atoms with van der Waals surface area (Å²) in [5, 5.41) is 20.8. The average molecular weight is 319 g/mol. The molecule has 0 unspecified atom stereocenters. The predicted octanol–water partition coefficient (Wildman–Crippen LogP) is 1.09. The third kappa shape index (κ3) is 2.58. The van der Waals surface area contributed by atoms with Gasteiger partial charge in [0.15, 0.2) is 5.82 Å². The number of β-amino-alcohol motifs (C(OH)–C–C–N with tert-alkyl or cyclic N) is 1. The molecule has 1 fully saturated rings. The molecule has 22 heavy (non-hydrogen) atoms. The Kier molecular flexibility index (Phi) is 3.73. The molecule has 0 radical (unpaired) electrons. The Balaban J connectivity index is 1.50. The first-order valence-corrected chi connectivity index (χ1v) is 8.63. The fraction of sp³-hybridized carbons (Fsp3) is 0.600. The van der Waals surface area contributed by atoms with Crippen molar-refractivity contribution in [1.82, 2.24) is 24.6 Å². The Morgan fingerprint density at radius 2 is 2.27 bits per heavy atom. The number of aliphatic hydroxyl groups is 1. The SMILES string of the molecule is CN1C[C@H](O)C[C@H]1c1nnc2n1CCN(Cc1cccs1)C2. The summed E-state index contributed by atoms with van der Waals surface area (Å²) in [5.41, 5.74) is 0. The molecule has 0 bridgehead atoms. The zero-order chi connectivity index (χ0) is 15.1. The van der Waals surface area contributed by atoms with Crippen LogP contribution in [-0.4, -0.2) is 55.9 Å². The Morgan fingerprint density at radius 1 is 1.36 bits per heavy atom. The Morgan fingerprint density at radius 3 is 3.00 bits per heavy atom. The Hall–Kier alpha value is -1.28. The minimum absolute atomic E-state index is 0.195. The first-order chi connectivity index (χ1) is 10.7. The second-order valence-electron chi connectivity index (χ2n) is 6.26. The normalized spacial score (nSPS) is 26.5. The molecule has 4 rings (SSSR count). The molecule has 4 heterocycles. The number of hydrogen-bond acceptors (Lipinski definition) is 6. The summed E-state index contributed by atoms with van der Waals surface area (Å²) >= 11 is 1.81. The molecule has 118 valence electrons. The summed E-state index contributed by atoms with van der Waals surface area (Å²) in [6.45, 7) is 4.52. The number of likely N-dealkylation sites (N-methyl/N-ethyl adjacent to an activating group) is 1. The van der Waals surface area contributed by atoms with Gasteiger partial charge in [-0.25, -0.2) is 0 Å². The van der Waals surface area contributed by atoms with E-state index in [2.05, 4.69) is 49.1 Å². The van der Waals surface area contributed by atoms with Crippen molar-refractivity contribution >= 4 is 11.3 Å². The van der Waals surface area contributed by atoms with Crippen LogP contribution in [0.15, 0.2) is 17.5 Å². The lowest BCUT2D eigenvalue weighted by atomic mass is 10.2. The molecule has 0 spiro atoms. The van der Waals surface area contributed by atoms with Gasteiger partial charge in [-0.15, -0.1) is 21.5 Å². The van der Waals surface area contributed by atoms with Crippen molar-refractivity contribution < 1.29 is 5.11 Å². The molecule has 2 aliphatic rings. The van der Waals surface area contributed by atoms with Crippen LogP contribution in [0, 0.1) is 0 Å². The first kappa shape index (κ1) is 14.3. The van der Waals surface area contributed by atoms with Crippen LogP contribution in [-0.2, 0) is 19.6 Å². The maximum atomic E-state index is 9.85. The van der Waals surface area contributed by atoms with Gasteiger partial charge in [0.25, 0.3) is 0 Å². The fourth-order valence-electron chi connectivity index (χ4n) is 3.51. The molecule has 2 aromatic rings. The number of fused-ring (bicyclic) bond motifs is 1. The molecular formula is C15H21N5OS. The molecule has 2 atom stereocenters. The third-order valence-corrected chi connectivity index (χ3v) is 5.51. The number of aromatic nitrogens is 3. The Bertz CT molecular complexity index is 640. The van der Waals surface area contributed by atoms with E-state index in [-0.39, 0.29) is 12.1 Å². The fourth-order valence-corrected chi connectivity index (χ4v) is 4.26. The van der Waals surface area contributed by atoms with E-state index in [0.717, 1.165) is 50.8 Å². The maximum absolute atomic E-state index is 9.85. The van der Waals surface area contributed by atoms with Gasteiger partial charge in [0.2, 0.25) is 0 Å². The van der Waals surface area contributed by atoms with Gasteiger partial charge in [-0.2, -0.15) is 0 Å². The van der Waals surface area contributed by atoms with Gasteiger partial charge in [0.1, 0.15) is 5.82 Å². The van der Waals surface area contributed by atoms with Crippen LogP contribution >= 0.6 is 11.3 Å². The molecule has 7 heteroatoms. The summed E-state index contributed by atoms with van der Waals surface area (Å²) in [6, 6.07) is 4.48. The van der Waals surface area contributed by atoms with Crippen LogP contribution < -0.4 is 0 Å². The van der Waals surface area contributed by atoms with Gasteiger partial charge in [0, 0.05) is 31.1 Å². The molecule has 1 N–H and O–H groups in total. The van der Waals surface area contributed by atoms with E-state index in [4.69, 9.17) is 0 Å². The Labute approximate surface area is 134 Å². The van der Waals surface area contributed by atoms with Gasteiger partial charge in [-0.05, 0) is 24.9 Å². The van der Waals surface area contributed by atoms with Crippen molar-refractivity contribution in [2.45, 2.75) is 38.2 Å². The third-order valence-electron chi connectivity index (χ3n) is 4.64. The van der Waals surface area contributed by atoms with Crippen molar-refractivity contribution in [3.63, 3.8) is 0 Å². The molecular weight excluding hydrogens is 298 g/mol. The number of thiophene rings is 1. The second-order valence-corrected chi connectivity index (χ2v) is 7.29. The topological polar surface area (TPSA) is 57.4 Å². The minimum Gasteiger partial charge on any atom is -0.392 e. The van der Waals surface area contributed by atoms with Gasteiger partial charge < -0.3 is 9.67 Å². The minimum atomic E-state index is -0.248. The van der Waals surface area contributed by atoms with Crippen LogP contribution in [0.25, 0.3) is 0 Å². The van der Waals surface area contributed by atoms with E-state index in [1.54, 1.807) is 11.3 Å². The predicted molar refractivity (Wildman–Crippen MR) is 84.4 cm³/mol. The molecule has 1 saturated heterocycles. The van der Waals surface area contributed by atoms with E-state index in [1.165, 1.54) is 4.88 Å². The number of nitrogens with zero attached hydrogens (tertiary/aromatic N) is 5. The van der Waals surface area contributed by atoms with E-state index >= 15 is 0 Å². The van der Waals surface area contributed by atoms with Crippen LogP contribution in [0.4, 0.5) is 0 Å². The van der Waals surface area contributed by atoms with Crippen LogP contribution in [0.3, 0.4) is 0 Å². The molecule has 0 aromatic carbocycles. The summed E-state index contributed by atoms with van der Waals surface area (Å²) in [6.07, 6.45) is 0.509. The van der Waals surface area contributed by atoms with Crippen molar-refractivity contribution in [2.24, 2.45) is 0 Å². The average Bonchev–Trinajstić information content (AvgIpc) is 3.19. The highest BCUT2D eigenvalue weighted by Crippen LogP contribution is 2.31. The maximum Gasteiger partial charge on any atom is 0.150 e. The van der Waals surface area contributed by atoms with Gasteiger partial charge >= 0.3 is 0 Å². The van der Waals surface area contributed by atoms with Crippen molar-refractivity contribution in [3.05, 3.63) is 34.0 Å². The second kappa shape index (κ2) is 5.73. The molecule has 0 saturated carbocycles. The highest BCUT2D eigenvalue weighted by atomic mass is 32.1. The van der Waals surface area contributed by atoms with Crippen LogP contribution in [0.5, 0.6) is 0 Å². The quantitative estimate of drug-likeness (QED) is 0.918. The lowest BCUT2D eigenvalue weighted by Gasteiger charge is -2.28. The number of hydrogen-bond donors (Lipinski definition) is 1. The molecule has 2 aromatic heterocycles. The van der Waals surface area contributed by atoms with Gasteiger partial charge in [0.05, 0.1) is 18.7 Å². The number of likely N-dealkylation sites (tertiary alicyclic amines) is 1. The summed E-state index contributed by atoms with van der Waals surface area (Å²) in [5.74, 6) is 2.07. The smallest absolute Gasteiger partial charge is 0.150 e. The summed E-state index contributed by atoms with van der Waals surface area (Å²) < 4.78 is 2.25. The van der Waals surface area contributed by atoms with E-state index in [0.29, 0.717) is 0 Å².